The molecule has 3 rings (SSSR count). The molecule has 6 heteroatoms. The third-order valence-electron chi connectivity index (χ3n) is 4.92. The first-order chi connectivity index (χ1) is 12.4. The predicted molar refractivity (Wildman–Crippen MR) is 100 cm³/mol. The number of aryl methyl sites for hydroxylation is 2. The number of carbonyl (C=O) groups is 1. The van der Waals surface area contributed by atoms with Crippen LogP contribution in [-0.2, 0) is 11.2 Å². The van der Waals surface area contributed by atoms with E-state index in [2.05, 4.69) is 0 Å². The Morgan fingerprint density at radius 2 is 2.04 bits per heavy atom. The van der Waals surface area contributed by atoms with Crippen molar-refractivity contribution < 1.29 is 13.9 Å². The molecule has 1 fully saturated rings. The molecule has 1 aromatic heterocycles. The number of likely N-dealkylation sites (tertiary alicyclic amines) is 1. The fourth-order valence-electron chi connectivity index (χ4n) is 3.46. The van der Waals surface area contributed by atoms with Gasteiger partial charge in [-0.25, -0.2) is 4.79 Å². The van der Waals surface area contributed by atoms with Crippen molar-refractivity contribution in [1.82, 2.24) is 4.90 Å². The summed E-state index contributed by atoms with van der Waals surface area (Å²) in [4.78, 5) is 26.3. The molecule has 0 radical (unpaired) electrons. The van der Waals surface area contributed by atoms with Gasteiger partial charge in [0.25, 0.3) is 5.91 Å². The lowest BCUT2D eigenvalue weighted by atomic mass is 10.0. The van der Waals surface area contributed by atoms with E-state index >= 15 is 0 Å². The van der Waals surface area contributed by atoms with Gasteiger partial charge in [0.2, 0.25) is 0 Å². The van der Waals surface area contributed by atoms with Crippen molar-refractivity contribution in [2.75, 3.05) is 13.1 Å². The average Bonchev–Trinajstić information content (AvgIpc) is 2.60. The Labute approximate surface area is 152 Å². The molecule has 0 spiro atoms. The first-order valence-electron chi connectivity index (χ1n) is 9.17. The Kier molecular flexibility index (Phi) is 5.32. The van der Waals surface area contributed by atoms with Crippen LogP contribution in [0.25, 0.3) is 11.0 Å². The van der Waals surface area contributed by atoms with Crippen molar-refractivity contribution in [2.45, 2.75) is 52.2 Å². The van der Waals surface area contributed by atoms with Crippen LogP contribution in [0.15, 0.2) is 27.4 Å². The maximum absolute atomic E-state index is 12.7. The number of nitrogens with zero attached hydrogens (tertiary/aromatic N) is 1. The van der Waals surface area contributed by atoms with Crippen molar-refractivity contribution in [3.63, 3.8) is 0 Å². The van der Waals surface area contributed by atoms with Crippen molar-refractivity contribution in [3.05, 3.63) is 39.7 Å². The summed E-state index contributed by atoms with van der Waals surface area (Å²) in [5.41, 5.74) is 7.80. The second-order valence-electron chi connectivity index (χ2n) is 7.00. The van der Waals surface area contributed by atoms with E-state index < -0.39 is 6.10 Å². The molecule has 0 aliphatic carbocycles. The molecule has 1 unspecified atom stereocenters. The Hall–Kier alpha value is -2.34. The maximum atomic E-state index is 12.7. The fraction of sp³-hybridized carbons (Fsp3) is 0.500. The minimum absolute atomic E-state index is 0.0398. The summed E-state index contributed by atoms with van der Waals surface area (Å²) in [7, 11) is 0. The third-order valence-corrected chi connectivity index (χ3v) is 4.92. The first-order valence-corrected chi connectivity index (χ1v) is 9.17. The van der Waals surface area contributed by atoms with Crippen molar-refractivity contribution >= 4 is 16.9 Å². The zero-order valence-electron chi connectivity index (χ0n) is 15.6. The van der Waals surface area contributed by atoms with Crippen molar-refractivity contribution in [1.29, 1.82) is 0 Å². The van der Waals surface area contributed by atoms with Gasteiger partial charge >= 0.3 is 5.63 Å². The monoisotopic (exact) mass is 358 g/mol. The minimum Gasteiger partial charge on any atom is -0.480 e. The number of nitrogens with two attached hydrogens (primary N) is 1. The van der Waals surface area contributed by atoms with Crippen LogP contribution in [0.3, 0.4) is 0 Å². The molecule has 1 saturated heterocycles. The van der Waals surface area contributed by atoms with Crippen LogP contribution in [-0.4, -0.2) is 36.0 Å². The number of fused-ring (bicyclic) bond motifs is 1. The zero-order chi connectivity index (χ0) is 18.8. The van der Waals surface area contributed by atoms with E-state index in [1.807, 2.05) is 30.9 Å². The molecular weight excluding hydrogens is 332 g/mol. The molecule has 2 aromatic rings. The maximum Gasteiger partial charge on any atom is 0.336 e. The summed E-state index contributed by atoms with van der Waals surface area (Å²) in [6.45, 7) is 6.97. The standard InChI is InChI=1S/C20H26N2O4/c1-4-14-11-18(23)26-17-10-12(2)9-16(19(14)17)25-13(3)20(24)22-7-5-15(21)6-8-22/h9-11,13,15H,4-8,21H2,1-3H3. The van der Waals surface area contributed by atoms with E-state index in [-0.39, 0.29) is 17.6 Å². The largest absolute Gasteiger partial charge is 0.480 e. The van der Waals surface area contributed by atoms with Crippen LogP contribution in [0.5, 0.6) is 5.75 Å². The average molecular weight is 358 g/mol. The number of carbonyl (C=O) groups excluding carboxylic acids is 1. The van der Waals surface area contributed by atoms with Gasteiger partial charge in [0.1, 0.15) is 11.3 Å². The normalized spacial score (nSPS) is 16.7. The Morgan fingerprint density at radius 3 is 2.69 bits per heavy atom. The van der Waals surface area contributed by atoms with Gasteiger partial charge in [-0.3, -0.25) is 4.79 Å². The number of benzene rings is 1. The number of ether oxygens (including phenoxy) is 1. The lowest BCUT2D eigenvalue weighted by Gasteiger charge is -2.32. The molecule has 26 heavy (non-hydrogen) atoms. The van der Waals surface area contributed by atoms with Crippen LogP contribution in [0.1, 0.15) is 37.8 Å². The van der Waals surface area contributed by atoms with E-state index in [1.165, 1.54) is 6.07 Å². The second kappa shape index (κ2) is 7.50. The molecule has 0 bridgehead atoms. The van der Waals surface area contributed by atoms with Gasteiger partial charge in [-0.2, -0.15) is 0 Å². The minimum atomic E-state index is -0.619. The van der Waals surface area contributed by atoms with Crippen LogP contribution in [0.2, 0.25) is 0 Å². The summed E-state index contributed by atoms with van der Waals surface area (Å²) < 4.78 is 11.4. The summed E-state index contributed by atoms with van der Waals surface area (Å²) in [5, 5.41) is 0.762. The number of hydrogen-bond donors (Lipinski definition) is 1. The molecule has 1 aliphatic heterocycles. The fourth-order valence-corrected chi connectivity index (χ4v) is 3.46. The number of amides is 1. The van der Waals surface area contributed by atoms with Crippen LogP contribution >= 0.6 is 0 Å². The van der Waals surface area contributed by atoms with Gasteiger partial charge in [-0.05, 0) is 56.4 Å². The van der Waals surface area contributed by atoms with E-state index in [0.717, 1.165) is 29.4 Å². The van der Waals surface area contributed by atoms with Gasteiger partial charge < -0.3 is 19.8 Å². The third kappa shape index (κ3) is 3.75. The van der Waals surface area contributed by atoms with E-state index in [9.17, 15) is 9.59 Å². The lowest BCUT2D eigenvalue weighted by Crippen LogP contribution is -2.47. The molecule has 2 N–H and O–H groups in total. The highest BCUT2D eigenvalue weighted by Crippen LogP contribution is 2.31. The first kappa shape index (κ1) is 18.5. The topological polar surface area (TPSA) is 85.8 Å². The number of rotatable bonds is 4. The highest BCUT2D eigenvalue weighted by Gasteiger charge is 2.26. The molecule has 0 saturated carbocycles. The van der Waals surface area contributed by atoms with E-state index in [0.29, 0.717) is 30.8 Å². The molecule has 140 valence electrons. The highest BCUT2D eigenvalue weighted by atomic mass is 16.5. The van der Waals surface area contributed by atoms with Crippen LogP contribution in [0.4, 0.5) is 0 Å². The Bertz CT molecular complexity index is 866. The molecule has 6 nitrogen and oxygen atoms in total. The molecular formula is C20H26N2O4. The summed E-state index contributed by atoms with van der Waals surface area (Å²) >= 11 is 0. The van der Waals surface area contributed by atoms with Crippen molar-refractivity contribution in [2.24, 2.45) is 5.73 Å². The van der Waals surface area contributed by atoms with Gasteiger partial charge in [0, 0.05) is 25.2 Å². The van der Waals surface area contributed by atoms with Crippen molar-refractivity contribution in [3.8, 4) is 5.75 Å². The second-order valence-corrected chi connectivity index (χ2v) is 7.00. The van der Waals surface area contributed by atoms with E-state index in [1.54, 1.807) is 6.92 Å². The SMILES string of the molecule is CCc1cc(=O)oc2cc(C)cc(OC(C)C(=O)N3CCC(N)CC3)c12. The molecule has 1 aliphatic rings. The van der Waals surface area contributed by atoms with Crippen LogP contribution in [0, 0.1) is 6.92 Å². The van der Waals surface area contributed by atoms with Gasteiger partial charge in [0.15, 0.2) is 6.10 Å². The molecule has 1 aromatic carbocycles. The number of piperidine rings is 1. The quantitative estimate of drug-likeness (QED) is 0.848. The molecule has 1 amide bonds. The van der Waals surface area contributed by atoms with Crippen LogP contribution < -0.4 is 16.1 Å². The lowest BCUT2D eigenvalue weighted by molar-refractivity contribution is -0.138. The summed E-state index contributed by atoms with van der Waals surface area (Å²) in [5.74, 6) is 0.539. The van der Waals surface area contributed by atoms with Gasteiger partial charge in [-0.1, -0.05) is 6.92 Å². The summed E-state index contributed by atoms with van der Waals surface area (Å²) in [6, 6.07) is 5.37. The Balaban J connectivity index is 1.90. The molecule has 2 heterocycles. The number of hydrogen-bond acceptors (Lipinski definition) is 5. The molecule has 1 atom stereocenters. The highest BCUT2D eigenvalue weighted by molar-refractivity contribution is 5.88. The smallest absolute Gasteiger partial charge is 0.336 e. The summed E-state index contributed by atoms with van der Waals surface area (Å²) in [6.07, 6.45) is 1.69. The zero-order valence-corrected chi connectivity index (χ0v) is 15.6. The van der Waals surface area contributed by atoms with Gasteiger partial charge in [-0.15, -0.1) is 0 Å². The predicted octanol–water partition coefficient (Wildman–Crippen LogP) is 2.38. The Morgan fingerprint density at radius 1 is 1.35 bits per heavy atom. The van der Waals surface area contributed by atoms with Gasteiger partial charge in [0.05, 0.1) is 5.39 Å². The van der Waals surface area contributed by atoms with E-state index in [4.69, 9.17) is 14.9 Å².